The zero-order valence-corrected chi connectivity index (χ0v) is 9.37. The van der Waals surface area contributed by atoms with Crippen LogP contribution in [0.1, 0.15) is 11.1 Å². The van der Waals surface area contributed by atoms with Crippen LogP contribution in [0.15, 0.2) is 18.2 Å². The van der Waals surface area contributed by atoms with Gasteiger partial charge in [0.15, 0.2) is 5.75 Å². The molecule has 1 aromatic rings. The Kier molecular flexibility index (Phi) is 3.49. The molecule has 82 valence electrons. The third-order valence-electron chi connectivity index (χ3n) is 1.90. The van der Waals surface area contributed by atoms with Crippen molar-refractivity contribution in [2.24, 2.45) is 0 Å². The fourth-order valence-corrected chi connectivity index (χ4v) is 1.94. The first kappa shape index (κ1) is 12.0. The van der Waals surface area contributed by atoms with Gasteiger partial charge in [-0.2, -0.15) is 10.5 Å². The lowest BCUT2D eigenvalue weighted by atomic mass is 10.1. The number of benzene rings is 1. The molecule has 0 aliphatic rings. The van der Waals surface area contributed by atoms with Crippen LogP contribution in [-0.4, -0.2) is 14.2 Å². The maximum atomic E-state index is 11.3. The van der Waals surface area contributed by atoms with E-state index in [1.165, 1.54) is 6.07 Å². The predicted molar refractivity (Wildman–Crippen MR) is 58.9 cm³/mol. The molecule has 6 heteroatoms. The van der Waals surface area contributed by atoms with E-state index in [-0.39, 0.29) is 11.3 Å². The van der Waals surface area contributed by atoms with Crippen molar-refractivity contribution in [1.29, 1.82) is 10.5 Å². The standard InChI is InChI=1S/C10H9N3O2S/c1-8-3-2-4-10(9(8)7-12)13-16(14,15)6-5-11/h2-4,13H,6H2,1H3. The van der Waals surface area contributed by atoms with Gasteiger partial charge in [-0.3, -0.25) is 4.72 Å². The summed E-state index contributed by atoms with van der Waals surface area (Å²) in [4.78, 5) is 0. The number of hydrogen-bond donors (Lipinski definition) is 1. The van der Waals surface area contributed by atoms with Gasteiger partial charge in [0.25, 0.3) is 0 Å². The molecule has 1 aromatic carbocycles. The van der Waals surface area contributed by atoms with Crippen LogP contribution in [0.2, 0.25) is 0 Å². The van der Waals surface area contributed by atoms with E-state index in [1.54, 1.807) is 25.1 Å². The monoisotopic (exact) mass is 235 g/mol. The molecule has 0 atom stereocenters. The maximum absolute atomic E-state index is 11.3. The first-order valence-corrected chi connectivity index (χ1v) is 6.02. The molecule has 0 heterocycles. The zero-order valence-electron chi connectivity index (χ0n) is 8.56. The van der Waals surface area contributed by atoms with E-state index in [0.717, 1.165) is 0 Å². The molecule has 0 amide bonds. The summed E-state index contributed by atoms with van der Waals surface area (Å²) in [6.07, 6.45) is 0. The maximum Gasteiger partial charge on any atom is 0.246 e. The summed E-state index contributed by atoms with van der Waals surface area (Å²) in [6, 6.07) is 8.30. The van der Waals surface area contributed by atoms with Gasteiger partial charge in [0.05, 0.1) is 17.3 Å². The van der Waals surface area contributed by atoms with Crippen molar-refractivity contribution in [3.63, 3.8) is 0 Å². The molecule has 0 fully saturated rings. The molecule has 0 aliphatic carbocycles. The average Bonchev–Trinajstić information content (AvgIpc) is 2.17. The van der Waals surface area contributed by atoms with Crippen molar-refractivity contribution in [2.75, 3.05) is 10.5 Å². The zero-order chi connectivity index (χ0) is 12.2. The fourth-order valence-electron chi connectivity index (χ4n) is 1.19. The number of rotatable bonds is 3. The number of aryl methyl sites for hydroxylation is 1. The van der Waals surface area contributed by atoms with Crippen molar-refractivity contribution in [3.8, 4) is 12.1 Å². The van der Waals surface area contributed by atoms with E-state index in [9.17, 15) is 8.42 Å². The van der Waals surface area contributed by atoms with Gasteiger partial charge in [-0.15, -0.1) is 0 Å². The first-order valence-electron chi connectivity index (χ1n) is 4.37. The molecule has 0 saturated heterocycles. The lowest BCUT2D eigenvalue weighted by Crippen LogP contribution is -2.16. The van der Waals surface area contributed by atoms with Crippen LogP contribution in [-0.2, 0) is 10.0 Å². The first-order chi connectivity index (χ1) is 7.50. The molecule has 1 N–H and O–H groups in total. The van der Waals surface area contributed by atoms with E-state index in [1.807, 2.05) is 6.07 Å². The smallest absolute Gasteiger partial charge is 0.246 e. The van der Waals surface area contributed by atoms with Crippen LogP contribution in [0.5, 0.6) is 0 Å². The molecular formula is C10H9N3O2S. The summed E-state index contributed by atoms with van der Waals surface area (Å²) in [5, 5.41) is 17.2. The second kappa shape index (κ2) is 4.65. The molecule has 0 radical (unpaired) electrons. The van der Waals surface area contributed by atoms with Gasteiger partial charge < -0.3 is 0 Å². The Morgan fingerprint density at radius 3 is 2.62 bits per heavy atom. The fraction of sp³-hybridized carbons (Fsp3) is 0.200. The van der Waals surface area contributed by atoms with Crippen molar-refractivity contribution < 1.29 is 8.42 Å². The van der Waals surface area contributed by atoms with E-state index >= 15 is 0 Å². The van der Waals surface area contributed by atoms with Gasteiger partial charge in [0, 0.05) is 0 Å². The number of hydrogen-bond acceptors (Lipinski definition) is 4. The molecule has 0 spiro atoms. The summed E-state index contributed by atoms with van der Waals surface area (Å²) < 4.78 is 24.9. The Bertz CT molecular complexity index is 579. The number of nitriles is 2. The van der Waals surface area contributed by atoms with E-state index in [4.69, 9.17) is 10.5 Å². The number of nitrogens with zero attached hydrogens (tertiary/aromatic N) is 2. The minimum atomic E-state index is -3.70. The van der Waals surface area contributed by atoms with Gasteiger partial charge >= 0.3 is 0 Å². The highest BCUT2D eigenvalue weighted by Gasteiger charge is 2.13. The van der Waals surface area contributed by atoms with Gasteiger partial charge in [-0.05, 0) is 18.6 Å². The van der Waals surface area contributed by atoms with Crippen molar-refractivity contribution in [1.82, 2.24) is 0 Å². The molecular weight excluding hydrogens is 226 g/mol. The molecule has 1 rings (SSSR count). The van der Waals surface area contributed by atoms with Gasteiger partial charge in [0.2, 0.25) is 10.0 Å². The number of anilines is 1. The highest BCUT2D eigenvalue weighted by molar-refractivity contribution is 7.92. The Morgan fingerprint density at radius 2 is 2.06 bits per heavy atom. The summed E-state index contributed by atoms with van der Waals surface area (Å²) in [7, 11) is -3.70. The van der Waals surface area contributed by atoms with Crippen LogP contribution >= 0.6 is 0 Å². The molecule has 0 saturated carbocycles. The lowest BCUT2D eigenvalue weighted by Gasteiger charge is -2.08. The van der Waals surface area contributed by atoms with Crippen molar-refractivity contribution in [3.05, 3.63) is 29.3 Å². The van der Waals surface area contributed by atoms with Crippen LogP contribution in [0, 0.1) is 29.6 Å². The highest BCUT2D eigenvalue weighted by Crippen LogP contribution is 2.19. The van der Waals surface area contributed by atoms with E-state index < -0.39 is 15.8 Å². The molecule has 0 unspecified atom stereocenters. The van der Waals surface area contributed by atoms with E-state index in [0.29, 0.717) is 5.56 Å². The predicted octanol–water partition coefficient (Wildman–Crippen LogP) is 1.13. The van der Waals surface area contributed by atoms with Crippen molar-refractivity contribution >= 4 is 15.7 Å². The van der Waals surface area contributed by atoms with Crippen LogP contribution in [0.25, 0.3) is 0 Å². The number of nitrogens with one attached hydrogen (secondary N) is 1. The van der Waals surface area contributed by atoms with Crippen LogP contribution in [0.3, 0.4) is 0 Å². The Morgan fingerprint density at radius 1 is 1.38 bits per heavy atom. The average molecular weight is 235 g/mol. The second-order valence-corrected chi connectivity index (χ2v) is 4.85. The van der Waals surface area contributed by atoms with Crippen LogP contribution < -0.4 is 4.72 Å². The minimum absolute atomic E-state index is 0.206. The topological polar surface area (TPSA) is 93.8 Å². The number of sulfonamides is 1. The quantitative estimate of drug-likeness (QED) is 0.849. The van der Waals surface area contributed by atoms with E-state index in [2.05, 4.69) is 4.72 Å². The normalized spacial score (nSPS) is 10.2. The third-order valence-corrected chi connectivity index (χ3v) is 2.94. The Hall–Kier alpha value is -2.05. The summed E-state index contributed by atoms with van der Waals surface area (Å²) in [5.74, 6) is -0.633. The largest absolute Gasteiger partial charge is 0.281 e. The van der Waals surface area contributed by atoms with Crippen molar-refractivity contribution in [2.45, 2.75) is 6.92 Å². The SMILES string of the molecule is Cc1cccc(NS(=O)(=O)CC#N)c1C#N. The molecule has 0 bridgehead atoms. The van der Waals surface area contributed by atoms with Gasteiger partial charge in [-0.1, -0.05) is 12.1 Å². The molecule has 5 nitrogen and oxygen atoms in total. The second-order valence-electron chi connectivity index (χ2n) is 3.13. The van der Waals surface area contributed by atoms with Crippen LogP contribution in [0.4, 0.5) is 5.69 Å². The van der Waals surface area contributed by atoms with Gasteiger partial charge in [-0.25, -0.2) is 8.42 Å². The molecule has 0 aromatic heterocycles. The molecule has 0 aliphatic heterocycles. The Balaban J connectivity index is 3.14. The Labute approximate surface area is 94.0 Å². The third kappa shape index (κ3) is 2.72. The highest BCUT2D eigenvalue weighted by atomic mass is 32.2. The lowest BCUT2D eigenvalue weighted by molar-refractivity contribution is 0.604. The molecule has 16 heavy (non-hydrogen) atoms. The summed E-state index contributed by atoms with van der Waals surface area (Å²) in [5.41, 5.74) is 1.15. The van der Waals surface area contributed by atoms with Gasteiger partial charge in [0.1, 0.15) is 6.07 Å². The minimum Gasteiger partial charge on any atom is -0.281 e. The summed E-state index contributed by atoms with van der Waals surface area (Å²) in [6.45, 7) is 1.71. The summed E-state index contributed by atoms with van der Waals surface area (Å²) >= 11 is 0.